The van der Waals surface area contributed by atoms with Crippen LogP contribution in [0.3, 0.4) is 0 Å². The van der Waals surface area contributed by atoms with Gasteiger partial charge < -0.3 is 35.4 Å². The molecule has 3 saturated heterocycles. The van der Waals surface area contributed by atoms with Gasteiger partial charge in [-0.3, -0.25) is 4.84 Å². The Kier molecular flexibility index (Phi) is 12.9. The van der Waals surface area contributed by atoms with E-state index in [0.717, 1.165) is 5.06 Å². The Labute approximate surface area is 234 Å². The third kappa shape index (κ3) is 9.59. The SMILES string of the molecule is CCOC(=O)N1CC=CC1.CCOC(=O)N1C[C@@H]2[C@@H](C(F)(F)F)N(CC)O[C@@H]2C1.N[C@@H]([C@H]1CNC[C@H]1O)C(F)(F)F. The number of β-amino-alcohol motifs (C(OH)–C–C–N with tert-alkyl or cyclic N) is 1. The molecule has 4 aliphatic heterocycles. The van der Waals surface area contributed by atoms with Gasteiger partial charge in [-0.05, 0) is 13.8 Å². The highest BCUT2D eigenvalue weighted by atomic mass is 19.4. The minimum Gasteiger partial charge on any atom is -0.450 e. The van der Waals surface area contributed by atoms with E-state index in [0.29, 0.717) is 19.7 Å². The molecule has 238 valence electrons. The number of hydrogen-bond acceptors (Lipinski definition) is 9. The molecule has 4 rings (SSSR count). The van der Waals surface area contributed by atoms with Crippen LogP contribution in [-0.2, 0) is 14.3 Å². The molecule has 0 aromatic heterocycles. The van der Waals surface area contributed by atoms with Crippen molar-refractivity contribution in [2.24, 2.45) is 17.6 Å². The zero-order valence-electron chi connectivity index (χ0n) is 23.2. The largest absolute Gasteiger partial charge is 0.450 e. The highest BCUT2D eigenvalue weighted by Crippen LogP contribution is 2.41. The number of nitrogens with one attached hydrogen (secondary N) is 1. The molecule has 11 nitrogen and oxygen atoms in total. The van der Waals surface area contributed by atoms with Gasteiger partial charge >= 0.3 is 24.5 Å². The number of ether oxygens (including phenoxy) is 2. The Bertz CT molecular complexity index is 871. The first-order valence-corrected chi connectivity index (χ1v) is 13.3. The molecule has 0 spiro atoms. The number of carbonyl (C=O) groups is 2. The predicted molar refractivity (Wildman–Crippen MR) is 133 cm³/mol. The molecule has 0 unspecified atom stereocenters. The van der Waals surface area contributed by atoms with Gasteiger partial charge in [0, 0.05) is 51.1 Å². The molecule has 0 aliphatic carbocycles. The summed E-state index contributed by atoms with van der Waals surface area (Å²) in [5, 5.41) is 12.7. The van der Waals surface area contributed by atoms with E-state index in [9.17, 15) is 35.9 Å². The van der Waals surface area contributed by atoms with Crippen molar-refractivity contribution in [3.05, 3.63) is 12.2 Å². The van der Waals surface area contributed by atoms with Gasteiger partial charge in [-0.25, -0.2) is 9.59 Å². The quantitative estimate of drug-likeness (QED) is 0.325. The van der Waals surface area contributed by atoms with Crippen molar-refractivity contribution >= 4 is 12.2 Å². The number of fused-ring (bicyclic) bond motifs is 1. The zero-order valence-corrected chi connectivity index (χ0v) is 23.2. The summed E-state index contributed by atoms with van der Waals surface area (Å²) >= 11 is 0. The number of nitrogens with two attached hydrogens (primary N) is 1. The minimum absolute atomic E-state index is 0.0180. The number of nitrogens with zero attached hydrogens (tertiary/aromatic N) is 3. The highest BCUT2D eigenvalue weighted by Gasteiger charge is 2.59. The lowest BCUT2D eigenvalue weighted by molar-refractivity contribution is -0.245. The predicted octanol–water partition coefficient (Wildman–Crippen LogP) is 2.11. The van der Waals surface area contributed by atoms with Crippen LogP contribution < -0.4 is 11.1 Å². The van der Waals surface area contributed by atoms with Crippen LogP contribution in [0.1, 0.15) is 20.8 Å². The molecule has 4 N–H and O–H groups in total. The first-order valence-electron chi connectivity index (χ1n) is 13.3. The summed E-state index contributed by atoms with van der Waals surface area (Å²) < 4.78 is 84.8. The van der Waals surface area contributed by atoms with Crippen LogP contribution in [0.5, 0.6) is 0 Å². The van der Waals surface area contributed by atoms with Gasteiger partial charge in [0.25, 0.3) is 0 Å². The Morgan fingerprint density at radius 1 is 1.00 bits per heavy atom. The van der Waals surface area contributed by atoms with Gasteiger partial charge in [-0.1, -0.05) is 19.1 Å². The second-order valence-electron chi connectivity index (χ2n) is 9.66. The van der Waals surface area contributed by atoms with Crippen molar-refractivity contribution < 1.29 is 55.3 Å². The van der Waals surface area contributed by atoms with Crippen molar-refractivity contribution in [2.75, 3.05) is 59.0 Å². The van der Waals surface area contributed by atoms with Gasteiger partial charge in [0.05, 0.1) is 25.9 Å². The molecule has 6 atom stereocenters. The maximum atomic E-state index is 13.1. The van der Waals surface area contributed by atoms with Gasteiger partial charge in [0.1, 0.15) is 18.2 Å². The summed E-state index contributed by atoms with van der Waals surface area (Å²) in [5.74, 6) is -1.66. The number of aliphatic hydroxyl groups excluding tert-OH is 1. The highest BCUT2D eigenvalue weighted by molar-refractivity contribution is 5.68. The number of halogens is 6. The van der Waals surface area contributed by atoms with Crippen molar-refractivity contribution in [2.45, 2.75) is 57.4 Å². The van der Waals surface area contributed by atoms with Gasteiger partial charge in [-0.2, -0.15) is 31.4 Å². The van der Waals surface area contributed by atoms with Gasteiger partial charge in [-0.15, -0.1) is 0 Å². The molecule has 0 bridgehead atoms. The first kappa shape index (κ1) is 34.9. The van der Waals surface area contributed by atoms with E-state index in [4.69, 9.17) is 25.2 Å². The Morgan fingerprint density at radius 2 is 1.56 bits per heavy atom. The molecule has 17 heteroatoms. The third-order valence-corrected chi connectivity index (χ3v) is 6.88. The number of hydroxylamine groups is 2. The summed E-state index contributed by atoms with van der Waals surface area (Å²) in [4.78, 5) is 30.7. The van der Waals surface area contributed by atoms with E-state index in [-0.39, 0.29) is 45.4 Å². The fraction of sp³-hybridized carbons (Fsp3) is 0.833. The molecule has 3 fully saturated rings. The Hall–Kier alpha value is -2.34. The maximum Gasteiger partial charge on any atom is 0.410 e. The second kappa shape index (κ2) is 15.2. The molecule has 0 saturated carbocycles. The first-order chi connectivity index (χ1) is 19.1. The van der Waals surface area contributed by atoms with Crippen molar-refractivity contribution in [1.82, 2.24) is 20.2 Å². The standard InChI is InChI=1S/C11H17F3N2O3.C7H11NO2.C6H11F3N2O/c1-3-16-9(11(12,13)14)7-5-15(6-8(7)19-16)10(17)18-4-2;1-2-10-7(9)8-5-3-4-6-8;7-6(8,9)5(10)3-1-11-2-4(3)12/h7-9H,3-6H2,1-2H3;3-4H,2,5-6H2,1H3;3-5,11-12H,1-2,10H2/t7-,8+,9-;;3-,4+,5-/m0.0/s1. The van der Waals surface area contributed by atoms with Gasteiger partial charge in [0.15, 0.2) is 0 Å². The molecule has 4 heterocycles. The Morgan fingerprint density at radius 3 is 2.00 bits per heavy atom. The van der Waals surface area contributed by atoms with Crippen LogP contribution in [-0.4, -0.2) is 128 Å². The van der Waals surface area contributed by atoms with Crippen LogP contribution in [0.15, 0.2) is 12.2 Å². The molecule has 4 aliphatic rings. The third-order valence-electron chi connectivity index (χ3n) is 6.88. The van der Waals surface area contributed by atoms with Crippen molar-refractivity contribution in [3.63, 3.8) is 0 Å². The topological polar surface area (TPSA) is 130 Å². The van der Waals surface area contributed by atoms with E-state index < -0.39 is 54.6 Å². The molecular formula is C24H39F6N5O6. The summed E-state index contributed by atoms with van der Waals surface area (Å²) in [6.07, 6.45) is -7.25. The fourth-order valence-electron chi connectivity index (χ4n) is 4.84. The molecule has 2 amide bonds. The van der Waals surface area contributed by atoms with Crippen LogP contribution in [0, 0.1) is 11.8 Å². The van der Waals surface area contributed by atoms with Crippen LogP contribution in [0.2, 0.25) is 0 Å². The summed E-state index contributed by atoms with van der Waals surface area (Å²) in [6, 6.07) is -3.58. The average Bonchev–Trinajstić information content (AvgIpc) is 3.67. The number of aliphatic hydroxyl groups is 1. The summed E-state index contributed by atoms with van der Waals surface area (Å²) in [6.45, 7) is 7.76. The number of rotatable bonds is 4. The smallest absolute Gasteiger partial charge is 0.410 e. The number of amides is 2. The average molecular weight is 608 g/mol. The fourth-order valence-corrected chi connectivity index (χ4v) is 4.84. The van der Waals surface area contributed by atoms with Crippen LogP contribution >= 0.6 is 0 Å². The maximum absolute atomic E-state index is 13.1. The van der Waals surface area contributed by atoms with Crippen molar-refractivity contribution in [1.29, 1.82) is 0 Å². The van der Waals surface area contributed by atoms with Gasteiger partial charge in [0.2, 0.25) is 0 Å². The van der Waals surface area contributed by atoms with Crippen molar-refractivity contribution in [3.8, 4) is 0 Å². The van der Waals surface area contributed by atoms with E-state index in [1.807, 2.05) is 12.2 Å². The lowest BCUT2D eigenvalue weighted by atomic mass is 9.97. The van der Waals surface area contributed by atoms with E-state index in [2.05, 4.69) is 5.32 Å². The summed E-state index contributed by atoms with van der Waals surface area (Å²) in [5.41, 5.74) is 4.92. The van der Waals surface area contributed by atoms with E-state index in [1.165, 1.54) is 4.90 Å². The molecule has 0 aromatic carbocycles. The number of carbonyl (C=O) groups excluding carboxylic acids is 2. The minimum atomic E-state index is -4.42. The molecular weight excluding hydrogens is 568 g/mol. The number of likely N-dealkylation sites (tertiary alicyclic amines) is 1. The Balaban J connectivity index is 0.000000230. The van der Waals surface area contributed by atoms with Crippen LogP contribution in [0.4, 0.5) is 35.9 Å². The number of alkyl halides is 6. The lowest BCUT2D eigenvalue weighted by Gasteiger charge is -2.27. The molecule has 0 radical (unpaired) electrons. The second-order valence-corrected chi connectivity index (χ2v) is 9.66. The number of hydrogen-bond donors (Lipinski definition) is 3. The zero-order chi connectivity index (χ0) is 31.0. The molecule has 0 aromatic rings. The monoisotopic (exact) mass is 607 g/mol. The molecule has 41 heavy (non-hydrogen) atoms. The van der Waals surface area contributed by atoms with E-state index in [1.54, 1.807) is 25.7 Å². The normalized spacial score (nSPS) is 28.4. The lowest BCUT2D eigenvalue weighted by Crippen LogP contribution is -2.48. The van der Waals surface area contributed by atoms with E-state index >= 15 is 0 Å². The summed E-state index contributed by atoms with van der Waals surface area (Å²) in [7, 11) is 0. The van der Waals surface area contributed by atoms with Crippen LogP contribution in [0.25, 0.3) is 0 Å².